The topological polar surface area (TPSA) is 6.48 Å². The second-order valence-corrected chi connectivity index (χ2v) is 21.2. The van der Waals surface area contributed by atoms with Crippen LogP contribution in [0, 0.1) is 0 Å². The minimum atomic E-state index is -0.105. The zero-order chi connectivity index (χ0) is 51.2. The van der Waals surface area contributed by atoms with E-state index in [1.807, 2.05) is 0 Å². The lowest BCUT2D eigenvalue weighted by Gasteiger charge is -2.29. The second-order valence-electron chi connectivity index (χ2n) is 21.2. The van der Waals surface area contributed by atoms with E-state index in [0.29, 0.717) is 0 Å². The maximum atomic E-state index is 2.49. The van der Waals surface area contributed by atoms with Crippen LogP contribution in [0.4, 0.5) is 34.1 Å². The number of hydrogen-bond donors (Lipinski definition) is 0. The van der Waals surface area contributed by atoms with E-state index in [9.17, 15) is 0 Å². The van der Waals surface area contributed by atoms with E-state index in [-0.39, 0.29) is 5.41 Å². The van der Waals surface area contributed by atoms with Crippen molar-refractivity contribution in [2.75, 3.05) is 9.80 Å². The van der Waals surface area contributed by atoms with Gasteiger partial charge in [0.15, 0.2) is 0 Å². The number of rotatable bonds is 8. The molecule has 14 aromatic rings. The molecule has 77 heavy (non-hydrogen) atoms. The average molecular weight is 981 g/mol. The van der Waals surface area contributed by atoms with Crippen molar-refractivity contribution < 1.29 is 0 Å². The van der Waals surface area contributed by atoms with E-state index in [0.717, 1.165) is 34.1 Å². The van der Waals surface area contributed by atoms with Gasteiger partial charge in [-0.2, -0.15) is 0 Å². The Morgan fingerprint density at radius 1 is 0.221 bits per heavy atom. The molecule has 1 aliphatic carbocycles. The maximum absolute atomic E-state index is 2.49. The minimum Gasteiger partial charge on any atom is -0.310 e. The summed E-state index contributed by atoms with van der Waals surface area (Å²) in [6.45, 7) is 4.72. The first-order valence-corrected chi connectivity index (χ1v) is 26.8. The Kier molecular flexibility index (Phi) is 10.3. The SMILES string of the molecule is CC1(C)c2ccccc2-c2cc(N(c3ccccc3)c3ccc4c(-c5cc6ccccc6c6ccccc56)c5cc(N(c6ccccc6)c6ccccc6)ccc5c(-c5cc6ccccc6c6ccccc56)c4c3)ccc21. The van der Waals surface area contributed by atoms with Gasteiger partial charge in [-0.05, 0) is 194 Å². The first-order chi connectivity index (χ1) is 38.0. The summed E-state index contributed by atoms with van der Waals surface area (Å²) in [5.74, 6) is 0. The summed E-state index contributed by atoms with van der Waals surface area (Å²) in [4.78, 5) is 4.86. The van der Waals surface area contributed by atoms with Crippen LogP contribution in [-0.2, 0) is 5.41 Å². The number of hydrogen-bond acceptors (Lipinski definition) is 2. The summed E-state index contributed by atoms with van der Waals surface area (Å²) in [6.07, 6.45) is 0. The Morgan fingerprint density at radius 3 is 1.08 bits per heavy atom. The molecule has 362 valence electrons. The maximum Gasteiger partial charge on any atom is 0.0468 e. The first-order valence-electron chi connectivity index (χ1n) is 26.8. The van der Waals surface area contributed by atoms with Crippen LogP contribution in [0.15, 0.2) is 279 Å². The molecule has 2 nitrogen and oxygen atoms in total. The highest BCUT2D eigenvalue weighted by Crippen LogP contribution is 2.54. The number of anilines is 6. The minimum absolute atomic E-state index is 0.105. The van der Waals surface area contributed by atoms with E-state index in [1.165, 1.54) is 109 Å². The van der Waals surface area contributed by atoms with Gasteiger partial charge in [0, 0.05) is 39.5 Å². The highest BCUT2D eigenvalue weighted by atomic mass is 15.1. The summed E-state index contributed by atoms with van der Waals surface area (Å²) in [7, 11) is 0. The van der Waals surface area contributed by atoms with Crippen molar-refractivity contribution in [3.63, 3.8) is 0 Å². The zero-order valence-electron chi connectivity index (χ0n) is 43.0. The standard InChI is InChI=1S/C75H52N2/c1-75(2)71-37-21-20-36-63(71)66-46-56(40-43-72(66)75)77(53-28-10-5-11-29-53)55-39-42-65-70(48-55)74(68-45-50-23-13-15-31-58(50)60-33-17-19-35-62(60)68)64-41-38-54(76(51-24-6-3-7-25-51)52-26-8-4-9-27-52)47-69(64)73(65)67-44-49-22-12-14-30-57(49)59-32-16-18-34-61(59)67/h3-48H,1-2H3. The van der Waals surface area contributed by atoms with Gasteiger partial charge in [0.05, 0.1) is 0 Å². The van der Waals surface area contributed by atoms with E-state index in [4.69, 9.17) is 0 Å². The van der Waals surface area contributed by atoms with Gasteiger partial charge >= 0.3 is 0 Å². The number of nitrogens with zero attached hydrogens (tertiary/aromatic N) is 2. The fraction of sp³-hybridized carbons (Fsp3) is 0.0400. The van der Waals surface area contributed by atoms with Crippen LogP contribution in [0.25, 0.3) is 98.0 Å². The van der Waals surface area contributed by atoms with E-state index >= 15 is 0 Å². The first kappa shape index (κ1) is 44.7. The molecule has 0 atom stereocenters. The number of fused-ring (bicyclic) bond motifs is 11. The Labute approximate surface area is 449 Å². The molecular formula is C75H52N2. The highest BCUT2D eigenvalue weighted by molar-refractivity contribution is 6.29. The molecule has 0 N–H and O–H groups in total. The lowest BCUT2D eigenvalue weighted by molar-refractivity contribution is 0.660. The van der Waals surface area contributed by atoms with Crippen molar-refractivity contribution in [3.05, 3.63) is 290 Å². The Hall–Kier alpha value is -9.76. The van der Waals surface area contributed by atoms with Gasteiger partial charge in [-0.25, -0.2) is 0 Å². The molecule has 0 bridgehead atoms. The summed E-state index contributed by atoms with van der Waals surface area (Å²) in [6, 6.07) is 104. The van der Waals surface area contributed by atoms with Gasteiger partial charge in [-0.1, -0.05) is 208 Å². The molecule has 0 fully saturated rings. The van der Waals surface area contributed by atoms with E-state index in [1.54, 1.807) is 0 Å². The molecule has 0 radical (unpaired) electrons. The monoisotopic (exact) mass is 980 g/mol. The molecule has 0 unspecified atom stereocenters. The molecule has 14 aromatic carbocycles. The van der Waals surface area contributed by atoms with Crippen molar-refractivity contribution in [2.24, 2.45) is 0 Å². The molecule has 0 aliphatic heterocycles. The lowest BCUT2D eigenvalue weighted by atomic mass is 9.82. The van der Waals surface area contributed by atoms with Crippen LogP contribution in [0.1, 0.15) is 25.0 Å². The van der Waals surface area contributed by atoms with E-state index < -0.39 is 0 Å². The predicted octanol–water partition coefficient (Wildman–Crippen LogP) is 21.2. The highest BCUT2D eigenvalue weighted by Gasteiger charge is 2.36. The Balaban J connectivity index is 1.10. The molecule has 1 aliphatic rings. The molecule has 0 spiro atoms. The van der Waals surface area contributed by atoms with E-state index in [2.05, 4.69) is 303 Å². The van der Waals surface area contributed by atoms with Crippen molar-refractivity contribution >= 4 is 98.8 Å². The van der Waals surface area contributed by atoms with Crippen LogP contribution in [0.3, 0.4) is 0 Å². The average Bonchev–Trinajstić information content (AvgIpc) is 3.87. The van der Waals surface area contributed by atoms with Crippen LogP contribution < -0.4 is 9.80 Å². The fourth-order valence-electron chi connectivity index (χ4n) is 13.1. The molecule has 2 heteroatoms. The molecule has 0 aromatic heterocycles. The van der Waals surface area contributed by atoms with Crippen LogP contribution in [0.5, 0.6) is 0 Å². The molecule has 0 saturated carbocycles. The van der Waals surface area contributed by atoms with Crippen molar-refractivity contribution in [1.82, 2.24) is 0 Å². The lowest BCUT2D eigenvalue weighted by Crippen LogP contribution is -2.15. The quantitative estimate of drug-likeness (QED) is 0.111. The van der Waals surface area contributed by atoms with Gasteiger partial charge in [-0.3, -0.25) is 0 Å². The molecular weight excluding hydrogens is 929 g/mol. The molecule has 0 saturated heterocycles. The van der Waals surface area contributed by atoms with Crippen molar-refractivity contribution in [2.45, 2.75) is 19.3 Å². The van der Waals surface area contributed by atoms with Gasteiger partial charge in [0.2, 0.25) is 0 Å². The van der Waals surface area contributed by atoms with Crippen LogP contribution in [-0.4, -0.2) is 0 Å². The third kappa shape index (κ3) is 7.10. The summed E-state index contributed by atoms with van der Waals surface area (Å²) in [5, 5.41) is 14.6. The fourth-order valence-corrected chi connectivity index (χ4v) is 13.1. The molecule has 0 amide bonds. The zero-order valence-corrected chi connectivity index (χ0v) is 43.0. The molecule has 15 rings (SSSR count). The summed E-state index contributed by atoms with van der Waals surface area (Å²) in [5.41, 5.74) is 16.7. The van der Waals surface area contributed by atoms with Gasteiger partial charge in [0.25, 0.3) is 0 Å². The third-order valence-corrected chi connectivity index (χ3v) is 16.5. The smallest absolute Gasteiger partial charge is 0.0468 e. The number of benzene rings is 14. The van der Waals surface area contributed by atoms with Crippen molar-refractivity contribution in [1.29, 1.82) is 0 Å². The van der Waals surface area contributed by atoms with Gasteiger partial charge < -0.3 is 9.80 Å². The second kappa shape index (κ2) is 17.7. The Morgan fingerprint density at radius 2 is 0.584 bits per heavy atom. The van der Waals surface area contributed by atoms with Crippen LogP contribution >= 0.6 is 0 Å². The van der Waals surface area contributed by atoms with Crippen molar-refractivity contribution in [3.8, 4) is 33.4 Å². The van der Waals surface area contributed by atoms with Crippen LogP contribution in [0.2, 0.25) is 0 Å². The Bertz CT molecular complexity index is 4610. The summed E-state index contributed by atoms with van der Waals surface area (Å²) < 4.78 is 0. The third-order valence-electron chi connectivity index (χ3n) is 16.5. The molecule has 0 heterocycles. The van der Waals surface area contributed by atoms with Gasteiger partial charge in [0.1, 0.15) is 0 Å². The number of para-hydroxylation sites is 3. The largest absolute Gasteiger partial charge is 0.310 e. The normalized spacial score (nSPS) is 12.6. The predicted molar refractivity (Wildman–Crippen MR) is 329 cm³/mol. The summed E-state index contributed by atoms with van der Waals surface area (Å²) >= 11 is 0. The van der Waals surface area contributed by atoms with Gasteiger partial charge in [-0.15, -0.1) is 0 Å².